The summed E-state index contributed by atoms with van der Waals surface area (Å²) in [5, 5.41) is 4.07. The molecule has 0 spiro atoms. The first-order valence-corrected chi connectivity index (χ1v) is 7.68. The highest BCUT2D eigenvalue weighted by Gasteiger charge is 2.12. The molecule has 0 fully saturated rings. The average Bonchev–Trinajstić information content (AvgIpc) is 2.85. The van der Waals surface area contributed by atoms with Crippen molar-refractivity contribution in [1.82, 2.24) is 10.1 Å². The molecular weight excluding hydrogens is 318 g/mol. The fraction of sp³-hybridized carbons (Fsp3) is 0.467. The van der Waals surface area contributed by atoms with Gasteiger partial charge < -0.3 is 10.3 Å². The van der Waals surface area contributed by atoms with E-state index < -0.39 is 0 Å². The van der Waals surface area contributed by atoms with Crippen molar-refractivity contribution in [3.8, 4) is 11.4 Å². The van der Waals surface area contributed by atoms with Crippen LogP contribution in [0, 0.1) is 12.8 Å². The number of aryl methyl sites for hydroxylation is 2. The van der Waals surface area contributed by atoms with Gasteiger partial charge in [-0.1, -0.05) is 28.0 Å². The van der Waals surface area contributed by atoms with Gasteiger partial charge in [-0.15, -0.1) is 0 Å². The molecule has 0 aliphatic carbocycles. The highest BCUT2D eigenvalue weighted by Crippen LogP contribution is 2.24. The second-order valence-corrected chi connectivity index (χ2v) is 6.11. The molecule has 1 unspecified atom stereocenters. The van der Waals surface area contributed by atoms with Crippen molar-refractivity contribution in [2.24, 2.45) is 11.7 Å². The summed E-state index contributed by atoms with van der Waals surface area (Å²) in [6.45, 7) is 4.97. The summed E-state index contributed by atoms with van der Waals surface area (Å²) in [7, 11) is 0. The second-order valence-electron chi connectivity index (χ2n) is 5.19. The maximum Gasteiger partial charge on any atom is 0.226 e. The molecule has 0 saturated carbocycles. The van der Waals surface area contributed by atoms with Gasteiger partial charge in [0.05, 0.1) is 0 Å². The normalized spacial score (nSPS) is 12.6. The van der Waals surface area contributed by atoms with Crippen LogP contribution < -0.4 is 5.73 Å². The Kier molecular flexibility index (Phi) is 5.31. The van der Waals surface area contributed by atoms with Crippen molar-refractivity contribution >= 4 is 15.9 Å². The molecule has 5 heteroatoms. The fourth-order valence-corrected chi connectivity index (χ4v) is 2.62. The standard InChI is InChI=1S/C15H20BrN3O/c1-10(7-8-17)3-6-14-18-15(19-20-14)13-5-4-12(16)9-11(13)2/h4-5,9-10H,3,6-8,17H2,1-2H3. The minimum Gasteiger partial charge on any atom is -0.339 e. The van der Waals surface area contributed by atoms with Crippen LogP contribution in [0.4, 0.5) is 0 Å². The van der Waals surface area contributed by atoms with E-state index in [9.17, 15) is 0 Å². The number of rotatable bonds is 6. The van der Waals surface area contributed by atoms with Gasteiger partial charge in [0.25, 0.3) is 0 Å². The number of nitrogens with two attached hydrogens (primary N) is 1. The third kappa shape index (κ3) is 3.90. The molecule has 1 aromatic carbocycles. The van der Waals surface area contributed by atoms with Crippen LogP contribution >= 0.6 is 15.9 Å². The molecule has 2 rings (SSSR count). The van der Waals surface area contributed by atoms with Gasteiger partial charge >= 0.3 is 0 Å². The first kappa shape index (κ1) is 15.2. The molecule has 1 atom stereocenters. The zero-order valence-electron chi connectivity index (χ0n) is 11.9. The minimum absolute atomic E-state index is 0.588. The summed E-state index contributed by atoms with van der Waals surface area (Å²) in [6, 6.07) is 6.04. The Bertz CT molecular complexity index is 568. The molecule has 0 aliphatic rings. The van der Waals surface area contributed by atoms with Crippen LogP contribution in [0.5, 0.6) is 0 Å². The van der Waals surface area contributed by atoms with E-state index in [0.717, 1.165) is 41.4 Å². The molecule has 2 aromatic rings. The number of halogens is 1. The monoisotopic (exact) mass is 337 g/mol. The molecule has 0 bridgehead atoms. The van der Waals surface area contributed by atoms with E-state index >= 15 is 0 Å². The van der Waals surface area contributed by atoms with Gasteiger partial charge in [0, 0.05) is 16.5 Å². The van der Waals surface area contributed by atoms with Crippen LogP contribution in [0.1, 0.15) is 31.2 Å². The lowest BCUT2D eigenvalue weighted by atomic mass is 10.0. The predicted molar refractivity (Wildman–Crippen MR) is 83.3 cm³/mol. The zero-order chi connectivity index (χ0) is 14.5. The van der Waals surface area contributed by atoms with E-state index in [1.807, 2.05) is 19.1 Å². The Morgan fingerprint density at radius 2 is 2.15 bits per heavy atom. The van der Waals surface area contributed by atoms with Crippen molar-refractivity contribution in [3.63, 3.8) is 0 Å². The van der Waals surface area contributed by atoms with E-state index in [2.05, 4.69) is 39.1 Å². The Morgan fingerprint density at radius 3 is 2.85 bits per heavy atom. The molecule has 2 N–H and O–H groups in total. The minimum atomic E-state index is 0.588. The van der Waals surface area contributed by atoms with Gasteiger partial charge in [0.2, 0.25) is 11.7 Å². The van der Waals surface area contributed by atoms with Crippen LogP contribution in [-0.2, 0) is 6.42 Å². The van der Waals surface area contributed by atoms with Crippen molar-refractivity contribution in [2.45, 2.75) is 33.1 Å². The second kappa shape index (κ2) is 6.99. The third-order valence-corrected chi connectivity index (χ3v) is 3.90. The number of hydrogen-bond acceptors (Lipinski definition) is 4. The summed E-state index contributed by atoms with van der Waals surface area (Å²) in [4.78, 5) is 4.48. The van der Waals surface area contributed by atoms with E-state index in [1.54, 1.807) is 0 Å². The van der Waals surface area contributed by atoms with Gasteiger partial charge in [0.15, 0.2) is 0 Å². The summed E-state index contributed by atoms with van der Waals surface area (Å²) in [6.07, 6.45) is 2.87. The van der Waals surface area contributed by atoms with Gasteiger partial charge in [-0.25, -0.2) is 0 Å². The molecule has 0 radical (unpaired) electrons. The molecule has 1 aromatic heterocycles. The maximum absolute atomic E-state index is 5.55. The third-order valence-electron chi connectivity index (χ3n) is 3.41. The van der Waals surface area contributed by atoms with E-state index in [-0.39, 0.29) is 0 Å². The Labute approximate surface area is 127 Å². The lowest BCUT2D eigenvalue weighted by molar-refractivity contribution is 0.362. The SMILES string of the molecule is Cc1cc(Br)ccc1-c1noc(CCC(C)CCN)n1. The first-order chi connectivity index (χ1) is 9.60. The van der Waals surface area contributed by atoms with Gasteiger partial charge in [-0.2, -0.15) is 4.98 Å². The molecular formula is C15H20BrN3O. The fourth-order valence-electron chi connectivity index (χ4n) is 2.14. The van der Waals surface area contributed by atoms with E-state index in [0.29, 0.717) is 17.6 Å². The Morgan fingerprint density at radius 1 is 1.35 bits per heavy atom. The summed E-state index contributed by atoms with van der Waals surface area (Å²) in [5.74, 6) is 1.95. The molecule has 20 heavy (non-hydrogen) atoms. The van der Waals surface area contributed by atoms with Crippen molar-refractivity contribution in [1.29, 1.82) is 0 Å². The highest BCUT2D eigenvalue weighted by molar-refractivity contribution is 9.10. The Hall–Kier alpha value is -1.20. The van der Waals surface area contributed by atoms with Crippen LogP contribution in [-0.4, -0.2) is 16.7 Å². The predicted octanol–water partition coefficient (Wildman–Crippen LogP) is 3.73. The molecule has 4 nitrogen and oxygen atoms in total. The first-order valence-electron chi connectivity index (χ1n) is 6.89. The maximum atomic E-state index is 5.55. The molecule has 0 aliphatic heterocycles. The molecule has 108 valence electrons. The summed E-state index contributed by atoms with van der Waals surface area (Å²) < 4.78 is 6.38. The van der Waals surface area contributed by atoms with Crippen LogP contribution in [0.15, 0.2) is 27.2 Å². The number of hydrogen-bond donors (Lipinski definition) is 1. The van der Waals surface area contributed by atoms with Gasteiger partial charge in [-0.3, -0.25) is 0 Å². The van der Waals surface area contributed by atoms with E-state index in [1.165, 1.54) is 0 Å². The van der Waals surface area contributed by atoms with Crippen LogP contribution in [0.3, 0.4) is 0 Å². The molecule has 0 amide bonds. The average molecular weight is 338 g/mol. The Balaban J connectivity index is 2.05. The number of nitrogens with zero attached hydrogens (tertiary/aromatic N) is 2. The quantitative estimate of drug-likeness (QED) is 0.872. The van der Waals surface area contributed by atoms with E-state index in [4.69, 9.17) is 10.3 Å². The smallest absolute Gasteiger partial charge is 0.226 e. The molecule has 1 heterocycles. The summed E-state index contributed by atoms with van der Waals surface area (Å²) >= 11 is 3.46. The number of aromatic nitrogens is 2. The highest BCUT2D eigenvalue weighted by atomic mass is 79.9. The van der Waals surface area contributed by atoms with Crippen molar-refractivity contribution in [3.05, 3.63) is 34.1 Å². The lowest BCUT2D eigenvalue weighted by Crippen LogP contribution is -2.06. The van der Waals surface area contributed by atoms with Gasteiger partial charge in [0.1, 0.15) is 0 Å². The van der Waals surface area contributed by atoms with Crippen LogP contribution in [0.25, 0.3) is 11.4 Å². The zero-order valence-corrected chi connectivity index (χ0v) is 13.5. The van der Waals surface area contributed by atoms with Gasteiger partial charge in [-0.05, 0) is 56.0 Å². The lowest BCUT2D eigenvalue weighted by Gasteiger charge is -2.06. The topological polar surface area (TPSA) is 64.9 Å². The van der Waals surface area contributed by atoms with Crippen molar-refractivity contribution < 1.29 is 4.52 Å². The molecule has 0 saturated heterocycles. The van der Waals surface area contributed by atoms with Crippen molar-refractivity contribution in [2.75, 3.05) is 6.54 Å². The summed E-state index contributed by atoms with van der Waals surface area (Å²) in [5.41, 5.74) is 7.69. The number of benzene rings is 1. The van der Waals surface area contributed by atoms with Crippen LogP contribution in [0.2, 0.25) is 0 Å². The largest absolute Gasteiger partial charge is 0.339 e.